The summed E-state index contributed by atoms with van der Waals surface area (Å²) in [5.41, 5.74) is 2.72. The fraction of sp³-hybridized carbons (Fsp3) is 0.0625. The average molecular weight is 292 g/mol. The highest BCUT2D eigenvalue weighted by molar-refractivity contribution is 5.74. The van der Waals surface area contributed by atoms with E-state index >= 15 is 0 Å². The second-order valence-electron chi connectivity index (χ2n) is 4.91. The third-order valence-corrected chi connectivity index (χ3v) is 3.41. The summed E-state index contributed by atoms with van der Waals surface area (Å²) in [4.78, 5) is 4.33. The lowest BCUT2D eigenvalue weighted by molar-refractivity contribution is 0.475. The summed E-state index contributed by atoms with van der Waals surface area (Å²) in [7, 11) is 0. The lowest BCUT2D eigenvalue weighted by atomic mass is 10.2. The molecule has 6 heteroatoms. The van der Waals surface area contributed by atoms with Crippen LogP contribution in [-0.2, 0) is 6.54 Å². The maximum absolute atomic E-state index is 9.30. The molecule has 22 heavy (non-hydrogen) atoms. The molecular weight excluding hydrogens is 280 g/mol. The Kier molecular flexibility index (Phi) is 2.86. The number of aromatic nitrogens is 4. The van der Waals surface area contributed by atoms with Crippen molar-refractivity contribution in [2.45, 2.75) is 6.54 Å². The number of rotatable bonds is 3. The molecule has 1 N–H and O–H groups in total. The Bertz CT molecular complexity index is 925. The van der Waals surface area contributed by atoms with Crippen LogP contribution in [-0.4, -0.2) is 24.9 Å². The van der Waals surface area contributed by atoms with Gasteiger partial charge in [0.15, 0.2) is 0 Å². The molecule has 0 bridgehead atoms. The van der Waals surface area contributed by atoms with Crippen molar-refractivity contribution < 1.29 is 9.52 Å². The first kappa shape index (κ1) is 12.6. The Hall–Kier alpha value is -3.15. The number of aromatic hydroxyl groups is 1. The quantitative estimate of drug-likeness (QED) is 0.628. The molecule has 6 nitrogen and oxygen atoms in total. The molecule has 108 valence electrons. The van der Waals surface area contributed by atoms with E-state index in [0.717, 1.165) is 16.6 Å². The molecule has 0 aliphatic rings. The summed E-state index contributed by atoms with van der Waals surface area (Å²) in [5.74, 6) is 1.14. The van der Waals surface area contributed by atoms with Crippen LogP contribution in [0.4, 0.5) is 0 Å². The van der Waals surface area contributed by atoms with Crippen molar-refractivity contribution in [2.75, 3.05) is 0 Å². The molecule has 0 saturated carbocycles. The highest BCUT2D eigenvalue weighted by Gasteiger charge is 2.10. The normalized spacial score (nSPS) is 11.1. The minimum atomic E-state index is 0.202. The first-order chi connectivity index (χ1) is 10.8. The Balaban J connectivity index is 1.63. The summed E-state index contributed by atoms with van der Waals surface area (Å²) in [5, 5.41) is 17.4. The van der Waals surface area contributed by atoms with E-state index in [0.29, 0.717) is 18.3 Å². The van der Waals surface area contributed by atoms with Crippen molar-refractivity contribution in [3.8, 4) is 17.2 Å². The van der Waals surface area contributed by atoms with Crippen LogP contribution in [0.3, 0.4) is 0 Å². The molecule has 2 aromatic heterocycles. The van der Waals surface area contributed by atoms with Crippen LogP contribution in [0.1, 0.15) is 5.89 Å². The fourth-order valence-corrected chi connectivity index (χ4v) is 2.32. The van der Waals surface area contributed by atoms with Gasteiger partial charge in [-0.05, 0) is 36.4 Å². The number of fused-ring (bicyclic) bond motifs is 1. The zero-order valence-electron chi connectivity index (χ0n) is 11.5. The molecule has 0 unspecified atom stereocenters. The number of phenols is 1. The zero-order chi connectivity index (χ0) is 14.9. The van der Waals surface area contributed by atoms with Crippen molar-refractivity contribution in [2.24, 2.45) is 0 Å². The minimum absolute atomic E-state index is 0.202. The van der Waals surface area contributed by atoms with E-state index in [9.17, 15) is 5.11 Å². The standard InChI is InChI=1S/C16H12N4O2/c21-12-7-5-11(6-8-12)16-19-18-15(22-16)9-20-10-17-13-3-1-2-4-14(13)20/h1-8,10,21H,9H2. The van der Waals surface area contributed by atoms with Crippen molar-refractivity contribution in [1.29, 1.82) is 0 Å². The van der Waals surface area contributed by atoms with Gasteiger partial charge in [-0.2, -0.15) is 0 Å². The number of imidazole rings is 1. The molecule has 0 aliphatic heterocycles. The third-order valence-electron chi connectivity index (χ3n) is 3.41. The third kappa shape index (κ3) is 2.20. The first-order valence-electron chi connectivity index (χ1n) is 6.81. The Morgan fingerprint density at radius 2 is 1.82 bits per heavy atom. The molecule has 0 atom stereocenters. The van der Waals surface area contributed by atoms with Crippen LogP contribution < -0.4 is 0 Å². The maximum Gasteiger partial charge on any atom is 0.247 e. The zero-order valence-corrected chi connectivity index (χ0v) is 11.5. The van der Waals surface area contributed by atoms with Crippen LogP contribution in [0.2, 0.25) is 0 Å². The number of benzene rings is 2. The lowest BCUT2D eigenvalue weighted by Crippen LogP contribution is -1.97. The molecule has 0 aliphatic carbocycles. The molecule has 0 spiro atoms. The van der Waals surface area contributed by atoms with Crippen molar-refractivity contribution in [1.82, 2.24) is 19.7 Å². The predicted molar refractivity (Wildman–Crippen MR) is 80.2 cm³/mol. The van der Waals surface area contributed by atoms with Gasteiger partial charge in [0.2, 0.25) is 11.8 Å². The molecule has 2 heterocycles. The SMILES string of the molecule is Oc1ccc(-c2nnc(Cn3cnc4ccccc43)o2)cc1. The van der Waals surface area contributed by atoms with Gasteiger partial charge in [0, 0.05) is 5.56 Å². The van der Waals surface area contributed by atoms with Crippen LogP contribution in [0.5, 0.6) is 5.75 Å². The predicted octanol–water partition coefficient (Wildman–Crippen LogP) is 2.84. The Labute approximate surface area is 125 Å². The first-order valence-corrected chi connectivity index (χ1v) is 6.81. The smallest absolute Gasteiger partial charge is 0.247 e. The van der Waals surface area contributed by atoms with Gasteiger partial charge < -0.3 is 14.1 Å². The maximum atomic E-state index is 9.30. The Morgan fingerprint density at radius 1 is 1.00 bits per heavy atom. The van der Waals surface area contributed by atoms with Crippen LogP contribution in [0.15, 0.2) is 59.3 Å². The minimum Gasteiger partial charge on any atom is -0.508 e. The highest BCUT2D eigenvalue weighted by atomic mass is 16.4. The largest absolute Gasteiger partial charge is 0.508 e. The number of phenolic OH excluding ortho intramolecular Hbond substituents is 1. The van der Waals surface area contributed by atoms with Crippen LogP contribution in [0.25, 0.3) is 22.5 Å². The van der Waals surface area contributed by atoms with E-state index in [1.807, 2.05) is 28.8 Å². The highest BCUT2D eigenvalue weighted by Crippen LogP contribution is 2.21. The molecule has 4 rings (SSSR count). The molecule has 0 saturated heterocycles. The molecule has 0 radical (unpaired) electrons. The average Bonchev–Trinajstić information content (AvgIpc) is 3.16. The molecule has 0 fully saturated rings. The van der Waals surface area contributed by atoms with E-state index in [2.05, 4.69) is 15.2 Å². The molecular formula is C16H12N4O2. The van der Waals surface area contributed by atoms with Gasteiger partial charge in [-0.3, -0.25) is 0 Å². The van der Waals surface area contributed by atoms with Crippen molar-refractivity contribution in [3.05, 3.63) is 60.7 Å². The van der Waals surface area contributed by atoms with Crippen LogP contribution in [0, 0.1) is 0 Å². The van der Waals surface area contributed by atoms with Gasteiger partial charge in [-0.1, -0.05) is 12.1 Å². The molecule has 2 aromatic carbocycles. The van der Waals surface area contributed by atoms with Gasteiger partial charge >= 0.3 is 0 Å². The van der Waals surface area contributed by atoms with E-state index in [4.69, 9.17) is 4.42 Å². The fourth-order valence-electron chi connectivity index (χ4n) is 2.32. The monoisotopic (exact) mass is 292 g/mol. The van der Waals surface area contributed by atoms with Crippen molar-refractivity contribution in [3.63, 3.8) is 0 Å². The summed E-state index contributed by atoms with van der Waals surface area (Å²) < 4.78 is 7.64. The van der Waals surface area contributed by atoms with E-state index in [-0.39, 0.29) is 5.75 Å². The van der Waals surface area contributed by atoms with E-state index in [1.54, 1.807) is 30.6 Å². The van der Waals surface area contributed by atoms with Gasteiger partial charge in [0.1, 0.15) is 12.3 Å². The number of hydrogen-bond donors (Lipinski definition) is 1. The second-order valence-corrected chi connectivity index (χ2v) is 4.91. The molecule has 0 amide bonds. The summed E-state index contributed by atoms with van der Waals surface area (Å²) >= 11 is 0. The van der Waals surface area contributed by atoms with Crippen molar-refractivity contribution >= 4 is 11.0 Å². The van der Waals surface area contributed by atoms with Gasteiger partial charge in [-0.25, -0.2) is 4.98 Å². The number of hydrogen-bond acceptors (Lipinski definition) is 5. The summed E-state index contributed by atoms with van der Waals surface area (Å²) in [6, 6.07) is 14.5. The van der Waals surface area contributed by atoms with E-state index < -0.39 is 0 Å². The number of para-hydroxylation sites is 2. The van der Waals surface area contributed by atoms with Gasteiger partial charge in [0.05, 0.1) is 17.4 Å². The molecule has 4 aromatic rings. The topological polar surface area (TPSA) is 77.0 Å². The van der Waals surface area contributed by atoms with Gasteiger partial charge in [0.25, 0.3) is 0 Å². The van der Waals surface area contributed by atoms with Crippen LogP contribution >= 0.6 is 0 Å². The second kappa shape index (κ2) is 5.00. The van der Waals surface area contributed by atoms with E-state index in [1.165, 1.54) is 0 Å². The Morgan fingerprint density at radius 3 is 2.68 bits per heavy atom. The number of nitrogens with zero attached hydrogens (tertiary/aromatic N) is 4. The lowest BCUT2D eigenvalue weighted by Gasteiger charge is -1.99. The van der Waals surface area contributed by atoms with Gasteiger partial charge in [-0.15, -0.1) is 10.2 Å². The summed E-state index contributed by atoms with van der Waals surface area (Å²) in [6.45, 7) is 0.464. The summed E-state index contributed by atoms with van der Waals surface area (Å²) in [6.07, 6.45) is 1.76.